The van der Waals surface area contributed by atoms with Gasteiger partial charge in [0.2, 0.25) is 0 Å². The summed E-state index contributed by atoms with van der Waals surface area (Å²) < 4.78 is 5.68. The third kappa shape index (κ3) is 3.40. The van der Waals surface area contributed by atoms with Crippen LogP contribution in [-0.2, 0) is 17.8 Å². The molecule has 1 saturated heterocycles. The highest BCUT2D eigenvalue weighted by Gasteiger charge is 2.35. The Bertz CT molecular complexity index is 768. The molecule has 1 fully saturated rings. The lowest BCUT2D eigenvalue weighted by atomic mass is 9.96. The number of rotatable bonds is 4. The predicted octanol–water partition coefficient (Wildman–Crippen LogP) is 2.64. The molecule has 2 heterocycles. The number of amides is 1. The average molecular weight is 336 g/mol. The van der Waals surface area contributed by atoms with Crippen molar-refractivity contribution in [1.29, 1.82) is 0 Å². The summed E-state index contributed by atoms with van der Waals surface area (Å²) >= 11 is 0. The molecule has 2 aromatic carbocycles. The van der Waals surface area contributed by atoms with Crippen LogP contribution in [0.15, 0.2) is 48.5 Å². The molecular weight excluding hydrogens is 312 g/mol. The Morgan fingerprint density at radius 3 is 2.60 bits per heavy atom. The van der Waals surface area contributed by atoms with Gasteiger partial charge in [0.15, 0.2) is 6.61 Å². The Labute approximate surface area is 149 Å². The lowest BCUT2D eigenvalue weighted by molar-refractivity contribution is -0.141. The van der Waals surface area contributed by atoms with Crippen molar-refractivity contribution in [3.05, 3.63) is 65.2 Å². The van der Waals surface area contributed by atoms with Crippen molar-refractivity contribution in [3.8, 4) is 5.75 Å². The molecule has 0 saturated carbocycles. The first-order valence-electron chi connectivity index (χ1n) is 8.98. The van der Waals surface area contributed by atoms with Gasteiger partial charge in [0, 0.05) is 32.2 Å². The van der Waals surface area contributed by atoms with Crippen molar-refractivity contribution in [2.24, 2.45) is 0 Å². The monoisotopic (exact) mass is 336 g/mol. The number of para-hydroxylation sites is 1. The lowest BCUT2D eigenvalue weighted by Crippen LogP contribution is -2.62. The van der Waals surface area contributed by atoms with E-state index in [1.54, 1.807) is 0 Å². The highest BCUT2D eigenvalue weighted by Crippen LogP contribution is 2.24. The van der Waals surface area contributed by atoms with Gasteiger partial charge in [0.25, 0.3) is 5.91 Å². The summed E-state index contributed by atoms with van der Waals surface area (Å²) in [5.74, 6) is 0.873. The topological polar surface area (TPSA) is 32.8 Å². The van der Waals surface area contributed by atoms with Crippen LogP contribution in [0.1, 0.15) is 16.7 Å². The molecular formula is C21H24N2O2. The molecule has 0 radical (unpaired) electrons. The van der Waals surface area contributed by atoms with Crippen LogP contribution in [0.2, 0.25) is 0 Å². The summed E-state index contributed by atoms with van der Waals surface area (Å²) in [6.07, 6.45) is 1.11. The van der Waals surface area contributed by atoms with Gasteiger partial charge in [-0.1, -0.05) is 42.5 Å². The first-order valence-corrected chi connectivity index (χ1v) is 8.98. The lowest BCUT2D eigenvalue weighted by Gasteiger charge is -2.46. The van der Waals surface area contributed by atoms with Gasteiger partial charge in [0.1, 0.15) is 5.75 Å². The fraction of sp³-hybridized carbons (Fsp3) is 0.381. The minimum absolute atomic E-state index is 0.0805. The number of nitrogens with zero attached hydrogens (tertiary/aromatic N) is 2. The number of hydrogen-bond donors (Lipinski definition) is 0. The molecule has 0 spiro atoms. The summed E-state index contributed by atoms with van der Waals surface area (Å²) in [7, 11) is 0. The number of likely N-dealkylation sites (tertiary alicyclic amines) is 1. The average Bonchev–Trinajstić information content (AvgIpc) is 2.60. The summed E-state index contributed by atoms with van der Waals surface area (Å²) in [4.78, 5) is 16.7. The van der Waals surface area contributed by atoms with E-state index in [-0.39, 0.29) is 12.5 Å². The van der Waals surface area contributed by atoms with Crippen molar-refractivity contribution in [2.45, 2.75) is 25.9 Å². The number of ether oxygens (including phenoxy) is 1. The molecule has 0 atom stereocenters. The summed E-state index contributed by atoms with van der Waals surface area (Å²) in [5, 5.41) is 0. The SMILES string of the molecule is Cc1ccccc1OCC(=O)N1CC(N2CCc3ccccc3C2)C1. The van der Waals surface area contributed by atoms with Crippen LogP contribution in [0, 0.1) is 6.92 Å². The molecule has 0 bridgehead atoms. The number of fused-ring (bicyclic) bond motifs is 1. The van der Waals surface area contributed by atoms with Crippen LogP contribution >= 0.6 is 0 Å². The van der Waals surface area contributed by atoms with Gasteiger partial charge >= 0.3 is 0 Å². The second kappa shape index (κ2) is 6.89. The third-order valence-corrected chi connectivity index (χ3v) is 5.34. The highest BCUT2D eigenvalue weighted by molar-refractivity contribution is 5.78. The van der Waals surface area contributed by atoms with E-state index in [0.29, 0.717) is 6.04 Å². The van der Waals surface area contributed by atoms with E-state index < -0.39 is 0 Å². The number of carbonyl (C=O) groups excluding carboxylic acids is 1. The maximum absolute atomic E-state index is 12.3. The van der Waals surface area contributed by atoms with Crippen molar-refractivity contribution >= 4 is 5.91 Å². The van der Waals surface area contributed by atoms with Gasteiger partial charge in [-0.2, -0.15) is 0 Å². The van der Waals surface area contributed by atoms with Gasteiger partial charge < -0.3 is 9.64 Å². The van der Waals surface area contributed by atoms with E-state index in [4.69, 9.17) is 4.74 Å². The Balaban J connectivity index is 1.26. The van der Waals surface area contributed by atoms with Gasteiger partial charge in [-0.25, -0.2) is 0 Å². The molecule has 0 aliphatic carbocycles. The maximum atomic E-state index is 12.3. The first-order chi connectivity index (χ1) is 12.2. The molecule has 0 unspecified atom stereocenters. The molecule has 4 heteroatoms. The van der Waals surface area contributed by atoms with Crippen molar-refractivity contribution in [2.75, 3.05) is 26.2 Å². The molecule has 2 aliphatic heterocycles. The molecule has 2 aliphatic rings. The quantitative estimate of drug-likeness (QED) is 0.860. The van der Waals surface area contributed by atoms with E-state index >= 15 is 0 Å². The predicted molar refractivity (Wildman–Crippen MR) is 97.6 cm³/mol. The smallest absolute Gasteiger partial charge is 0.260 e. The molecule has 130 valence electrons. The van der Waals surface area contributed by atoms with E-state index in [9.17, 15) is 4.79 Å². The Hall–Kier alpha value is -2.33. The Kier molecular flexibility index (Phi) is 4.45. The summed E-state index contributed by atoms with van der Waals surface area (Å²) in [6.45, 7) is 5.84. The molecule has 0 aromatic heterocycles. The van der Waals surface area contributed by atoms with Crippen molar-refractivity contribution < 1.29 is 9.53 Å². The van der Waals surface area contributed by atoms with Gasteiger partial charge in [0.05, 0.1) is 0 Å². The fourth-order valence-corrected chi connectivity index (χ4v) is 3.67. The molecule has 25 heavy (non-hydrogen) atoms. The normalized spacial score (nSPS) is 17.7. The Morgan fingerprint density at radius 1 is 1.08 bits per heavy atom. The van der Waals surface area contributed by atoms with E-state index in [0.717, 1.165) is 43.9 Å². The summed E-state index contributed by atoms with van der Waals surface area (Å²) in [6, 6.07) is 17.0. The van der Waals surface area contributed by atoms with E-state index in [2.05, 4.69) is 29.2 Å². The molecule has 0 N–H and O–H groups in total. The van der Waals surface area contributed by atoms with Crippen LogP contribution in [0.4, 0.5) is 0 Å². The standard InChI is InChI=1S/C21H24N2O2/c1-16-6-2-5-9-20(16)25-15-21(24)23-13-19(14-23)22-11-10-17-7-3-4-8-18(17)12-22/h2-9,19H,10-15H2,1H3. The zero-order chi connectivity index (χ0) is 17.2. The van der Waals surface area contributed by atoms with Crippen LogP contribution in [0.25, 0.3) is 0 Å². The fourth-order valence-electron chi connectivity index (χ4n) is 3.67. The zero-order valence-electron chi connectivity index (χ0n) is 14.6. The molecule has 2 aromatic rings. The minimum Gasteiger partial charge on any atom is -0.484 e. The van der Waals surface area contributed by atoms with Crippen LogP contribution in [-0.4, -0.2) is 48.0 Å². The third-order valence-electron chi connectivity index (χ3n) is 5.34. The largest absolute Gasteiger partial charge is 0.484 e. The number of hydrogen-bond acceptors (Lipinski definition) is 3. The van der Waals surface area contributed by atoms with Gasteiger partial charge in [-0.3, -0.25) is 9.69 Å². The zero-order valence-corrected chi connectivity index (χ0v) is 14.6. The minimum atomic E-state index is 0.0805. The van der Waals surface area contributed by atoms with Crippen LogP contribution in [0.5, 0.6) is 5.75 Å². The molecule has 4 rings (SSSR count). The summed E-state index contributed by atoms with van der Waals surface area (Å²) in [5.41, 5.74) is 3.96. The molecule has 1 amide bonds. The van der Waals surface area contributed by atoms with Gasteiger partial charge in [-0.15, -0.1) is 0 Å². The van der Waals surface area contributed by atoms with Crippen molar-refractivity contribution in [3.63, 3.8) is 0 Å². The first kappa shape index (κ1) is 16.2. The van der Waals surface area contributed by atoms with Crippen LogP contribution in [0.3, 0.4) is 0 Å². The second-order valence-electron chi connectivity index (χ2n) is 7.00. The number of aryl methyl sites for hydroxylation is 1. The maximum Gasteiger partial charge on any atom is 0.260 e. The van der Waals surface area contributed by atoms with E-state index in [1.165, 1.54) is 11.1 Å². The second-order valence-corrected chi connectivity index (χ2v) is 7.00. The Morgan fingerprint density at radius 2 is 1.80 bits per heavy atom. The number of carbonyl (C=O) groups is 1. The van der Waals surface area contributed by atoms with Crippen LogP contribution < -0.4 is 4.74 Å². The van der Waals surface area contributed by atoms with Gasteiger partial charge in [-0.05, 0) is 36.1 Å². The highest BCUT2D eigenvalue weighted by atomic mass is 16.5. The van der Waals surface area contributed by atoms with Crippen molar-refractivity contribution in [1.82, 2.24) is 9.80 Å². The number of benzene rings is 2. The van der Waals surface area contributed by atoms with E-state index in [1.807, 2.05) is 36.1 Å². The molecule has 4 nitrogen and oxygen atoms in total.